The maximum absolute atomic E-state index is 9.76. The Morgan fingerprint density at radius 2 is 2.15 bits per heavy atom. The van der Waals surface area contributed by atoms with E-state index in [0.717, 1.165) is 43.2 Å². The Bertz CT molecular complexity index is 567. The van der Waals surface area contributed by atoms with Crippen LogP contribution in [-0.2, 0) is 6.54 Å². The number of aliphatic hydroxyl groups excluding tert-OH is 1. The number of nitrogens with zero attached hydrogens (tertiary/aromatic N) is 2. The van der Waals surface area contributed by atoms with Gasteiger partial charge in [-0.05, 0) is 26.3 Å². The molecule has 1 unspecified atom stereocenters. The first-order chi connectivity index (χ1) is 9.72. The van der Waals surface area contributed by atoms with E-state index >= 15 is 0 Å². The number of benzene rings is 1. The van der Waals surface area contributed by atoms with Crippen LogP contribution in [0.5, 0.6) is 0 Å². The number of likely N-dealkylation sites (tertiary alicyclic amines) is 1. The van der Waals surface area contributed by atoms with Gasteiger partial charge in [-0.2, -0.15) is 0 Å². The van der Waals surface area contributed by atoms with E-state index in [1.165, 1.54) is 10.4 Å². The summed E-state index contributed by atoms with van der Waals surface area (Å²) in [5.41, 5.74) is 2.31. The van der Waals surface area contributed by atoms with Crippen molar-refractivity contribution in [3.8, 4) is 10.6 Å². The predicted molar refractivity (Wildman–Crippen MR) is 82.8 cm³/mol. The van der Waals surface area contributed by atoms with Gasteiger partial charge < -0.3 is 5.11 Å². The minimum Gasteiger partial charge on any atom is -0.392 e. The van der Waals surface area contributed by atoms with Crippen LogP contribution in [0.3, 0.4) is 0 Å². The van der Waals surface area contributed by atoms with Crippen LogP contribution in [0.25, 0.3) is 10.6 Å². The van der Waals surface area contributed by atoms with Crippen LogP contribution in [0.1, 0.15) is 23.4 Å². The Hall–Kier alpha value is -1.23. The number of piperidine rings is 1. The van der Waals surface area contributed by atoms with Gasteiger partial charge in [0, 0.05) is 23.5 Å². The van der Waals surface area contributed by atoms with Crippen molar-refractivity contribution >= 4 is 11.3 Å². The lowest BCUT2D eigenvalue weighted by atomic mass is 10.1. The van der Waals surface area contributed by atoms with Crippen LogP contribution in [0, 0.1) is 6.92 Å². The van der Waals surface area contributed by atoms with Crippen LogP contribution in [-0.4, -0.2) is 34.2 Å². The third-order valence-electron chi connectivity index (χ3n) is 3.76. The van der Waals surface area contributed by atoms with E-state index in [9.17, 15) is 5.11 Å². The van der Waals surface area contributed by atoms with Crippen LogP contribution in [0.2, 0.25) is 0 Å². The topological polar surface area (TPSA) is 36.4 Å². The fourth-order valence-corrected chi connectivity index (χ4v) is 3.77. The largest absolute Gasteiger partial charge is 0.392 e. The number of aliphatic hydroxyl groups is 1. The quantitative estimate of drug-likeness (QED) is 0.943. The molecule has 3 rings (SSSR count). The second kappa shape index (κ2) is 6.04. The number of aromatic nitrogens is 1. The maximum Gasteiger partial charge on any atom is 0.123 e. The second-order valence-electron chi connectivity index (χ2n) is 5.42. The molecule has 1 aliphatic rings. The maximum atomic E-state index is 9.76. The summed E-state index contributed by atoms with van der Waals surface area (Å²) < 4.78 is 0. The third kappa shape index (κ3) is 3.08. The Labute approximate surface area is 123 Å². The third-order valence-corrected chi connectivity index (χ3v) is 4.95. The lowest BCUT2D eigenvalue weighted by Crippen LogP contribution is -2.37. The molecule has 2 heterocycles. The lowest BCUT2D eigenvalue weighted by Gasteiger charge is -2.29. The fourth-order valence-electron chi connectivity index (χ4n) is 2.66. The lowest BCUT2D eigenvalue weighted by molar-refractivity contribution is 0.0672. The van der Waals surface area contributed by atoms with Crippen molar-refractivity contribution in [2.75, 3.05) is 13.1 Å². The van der Waals surface area contributed by atoms with Crippen molar-refractivity contribution in [3.05, 3.63) is 40.9 Å². The molecule has 1 fully saturated rings. The zero-order valence-corrected chi connectivity index (χ0v) is 12.6. The van der Waals surface area contributed by atoms with E-state index in [1.54, 1.807) is 11.3 Å². The summed E-state index contributed by atoms with van der Waals surface area (Å²) in [7, 11) is 0. The molecule has 0 amide bonds. The minimum atomic E-state index is -0.162. The molecule has 1 saturated heterocycles. The average molecular weight is 288 g/mol. The van der Waals surface area contributed by atoms with Crippen molar-refractivity contribution in [3.63, 3.8) is 0 Å². The number of hydrogen-bond acceptors (Lipinski definition) is 4. The Morgan fingerprint density at radius 3 is 2.90 bits per heavy atom. The number of hydrogen-bond donors (Lipinski definition) is 1. The molecule has 1 aromatic heterocycles. The highest BCUT2D eigenvalue weighted by molar-refractivity contribution is 7.15. The summed E-state index contributed by atoms with van der Waals surface area (Å²) in [6.45, 7) is 4.86. The van der Waals surface area contributed by atoms with Crippen molar-refractivity contribution in [1.29, 1.82) is 0 Å². The van der Waals surface area contributed by atoms with Crippen LogP contribution < -0.4 is 0 Å². The van der Waals surface area contributed by atoms with Gasteiger partial charge >= 0.3 is 0 Å². The molecule has 0 aliphatic carbocycles. The molecule has 3 nitrogen and oxygen atoms in total. The molecule has 0 radical (unpaired) electrons. The minimum absolute atomic E-state index is 0.162. The summed E-state index contributed by atoms with van der Waals surface area (Å²) in [4.78, 5) is 8.35. The number of rotatable bonds is 3. The van der Waals surface area contributed by atoms with Gasteiger partial charge in [0.05, 0.1) is 11.8 Å². The van der Waals surface area contributed by atoms with Crippen molar-refractivity contribution in [1.82, 2.24) is 9.88 Å². The Balaban J connectivity index is 1.76. The van der Waals surface area contributed by atoms with Crippen molar-refractivity contribution in [2.45, 2.75) is 32.4 Å². The van der Waals surface area contributed by atoms with Crippen LogP contribution in [0.15, 0.2) is 30.3 Å². The Kier molecular flexibility index (Phi) is 4.15. The zero-order valence-electron chi connectivity index (χ0n) is 11.7. The molecule has 106 valence electrons. The van der Waals surface area contributed by atoms with Gasteiger partial charge in [0.15, 0.2) is 0 Å². The summed E-state index contributed by atoms with van der Waals surface area (Å²) in [5.74, 6) is 0. The molecular weight excluding hydrogens is 268 g/mol. The normalized spacial score (nSPS) is 20.2. The standard InChI is InChI=1S/C16H20N2OS/c1-12-15(11-18-9-5-8-14(19)10-18)20-16(17-12)13-6-3-2-4-7-13/h2-4,6-7,14,19H,5,8-11H2,1H3. The Morgan fingerprint density at radius 1 is 1.35 bits per heavy atom. The highest BCUT2D eigenvalue weighted by Gasteiger charge is 2.19. The van der Waals surface area contributed by atoms with Gasteiger partial charge in [-0.3, -0.25) is 4.90 Å². The van der Waals surface area contributed by atoms with Crippen molar-refractivity contribution in [2.24, 2.45) is 0 Å². The SMILES string of the molecule is Cc1nc(-c2ccccc2)sc1CN1CCCC(O)C1. The molecule has 0 bridgehead atoms. The van der Waals surface area contributed by atoms with E-state index in [0.29, 0.717) is 0 Å². The molecular formula is C16H20N2OS. The van der Waals surface area contributed by atoms with Crippen molar-refractivity contribution < 1.29 is 5.11 Å². The first-order valence-electron chi connectivity index (χ1n) is 7.14. The van der Waals surface area contributed by atoms with Gasteiger partial charge in [-0.15, -0.1) is 11.3 Å². The first kappa shape index (κ1) is 13.7. The van der Waals surface area contributed by atoms with Gasteiger partial charge in [-0.1, -0.05) is 30.3 Å². The number of aryl methyl sites for hydroxylation is 1. The second-order valence-corrected chi connectivity index (χ2v) is 6.51. The molecule has 1 aromatic carbocycles. The molecule has 1 N–H and O–H groups in total. The van der Waals surface area contributed by atoms with E-state index in [-0.39, 0.29) is 6.10 Å². The molecule has 0 spiro atoms. The predicted octanol–water partition coefficient (Wildman–Crippen LogP) is 3.08. The highest BCUT2D eigenvalue weighted by atomic mass is 32.1. The first-order valence-corrected chi connectivity index (χ1v) is 7.96. The van der Waals surface area contributed by atoms with Gasteiger partial charge in [-0.25, -0.2) is 4.98 Å². The summed E-state index contributed by atoms with van der Waals surface area (Å²) >= 11 is 1.77. The van der Waals surface area contributed by atoms with Crippen LogP contribution >= 0.6 is 11.3 Å². The fraction of sp³-hybridized carbons (Fsp3) is 0.438. The number of thiazole rings is 1. The number of β-amino-alcohol motifs (C(OH)–C–C–N with tert-alkyl or cyclic N) is 1. The summed E-state index contributed by atoms with van der Waals surface area (Å²) in [6.07, 6.45) is 1.86. The molecule has 1 atom stereocenters. The monoisotopic (exact) mass is 288 g/mol. The van der Waals surface area contributed by atoms with Gasteiger partial charge in [0.1, 0.15) is 5.01 Å². The molecule has 0 saturated carbocycles. The van der Waals surface area contributed by atoms with Gasteiger partial charge in [0.2, 0.25) is 0 Å². The smallest absolute Gasteiger partial charge is 0.123 e. The zero-order chi connectivity index (χ0) is 13.9. The van der Waals surface area contributed by atoms with E-state index in [2.05, 4.69) is 24.0 Å². The molecule has 2 aromatic rings. The van der Waals surface area contributed by atoms with E-state index in [1.807, 2.05) is 18.2 Å². The molecule has 20 heavy (non-hydrogen) atoms. The molecule has 4 heteroatoms. The van der Waals surface area contributed by atoms with E-state index < -0.39 is 0 Å². The average Bonchev–Trinajstić information content (AvgIpc) is 2.81. The molecule has 1 aliphatic heterocycles. The summed E-state index contributed by atoms with van der Waals surface area (Å²) in [5, 5.41) is 10.8. The van der Waals surface area contributed by atoms with Gasteiger partial charge in [0.25, 0.3) is 0 Å². The summed E-state index contributed by atoms with van der Waals surface area (Å²) in [6, 6.07) is 10.3. The van der Waals surface area contributed by atoms with Crippen LogP contribution in [0.4, 0.5) is 0 Å². The van der Waals surface area contributed by atoms with E-state index in [4.69, 9.17) is 4.98 Å². The highest BCUT2D eigenvalue weighted by Crippen LogP contribution is 2.29.